The second-order valence-electron chi connectivity index (χ2n) is 6.41. The molecule has 4 nitrogen and oxygen atoms in total. The Bertz CT molecular complexity index is 480. The molecule has 0 radical (unpaired) electrons. The summed E-state index contributed by atoms with van der Waals surface area (Å²) in [5, 5.41) is 8.95. The Labute approximate surface area is 133 Å². The predicted octanol–water partition coefficient (Wildman–Crippen LogP) is 2.04. The van der Waals surface area contributed by atoms with E-state index in [4.69, 9.17) is 5.26 Å². The van der Waals surface area contributed by atoms with Crippen molar-refractivity contribution in [2.75, 3.05) is 57.3 Å². The largest absolute Gasteiger partial charge is 0.369 e. The van der Waals surface area contributed by atoms with E-state index in [1.54, 1.807) is 0 Å². The zero-order valence-electron chi connectivity index (χ0n) is 13.3. The van der Waals surface area contributed by atoms with Gasteiger partial charge in [-0.1, -0.05) is 18.2 Å². The van der Waals surface area contributed by atoms with Crippen molar-refractivity contribution >= 4 is 5.69 Å². The minimum absolute atomic E-state index is 0.297. The third-order valence-electron chi connectivity index (χ3n) is 5.00. The maximum absolute atomic E-state index is 8.95. The zero-order valence-corrected chi connectivity index (χ0v) is 13.3. The van der Waals surface area contributed by atoms with E-state index in [2.05, 4.69) is 51.1 Å². The van der Waals surface area contributed by atoms with Crippen LogP contribution in [0.5, 0.6) is 0 Å². The third kappa shape index (κ3) is 4.00. The Morgan fingerprint density at radius 2 is 1.45 bits per heavy atom. The van der Waals surface area contributed by atoms with E-state index in [1.807, 2.05) is 0 Å². The summed E-state index contributed by atoms with van der Waals surface area (Å²) in [4.78, 5) is 7.59. The maximum atomic E-state index is 8.95. The van der Waals surface area contributed by atoms with Crippen LogP contribution in [0.1, 0.15) is 12.8 Å². The first-order valence-electron chi connectivity index (χ1n) is 8.49. The molecular formula is C18H26N4. The van der Waals surface area contributed by atoms with E-state index in [-0.39, 0.29) is 0 Å². The van der Waals surface area contributed by atoms with Crippen LogP contribution >= 0.6 is 0 Å². The molecule has 0 saturated carbocycles. The van der Waals surface area contributed by atoms with E-state index in [0.717, 1.165) is 58.7 Å². The zero-order chi connectivity index (χ0) is 15.2. The summed E-state index contributed by atoms with van der Waals surface area (Å²) in [7, 11) is 0. The quantitative estimate of drug-likeness (QED) is 0.852. The van der Waals surface area contributed by atoms with Crippen LogP contribution in [0.3, 0.4) is 0 Å². The van der Waals surface area contributed by atoms with Gasteiger partial charge in [-0.2, -0.15) is 5.26 Å². The van der Waals surface area contributed by atoms with Gasteiger partial charge in [0.2, 0.25) is 0 Å². The Balaban J connectivity index is 1.37. The Kier molecular flexibility index (Phi) is 5.31. The summed E-state index contributed by atoms with van der Waals surface area (Å²) >= 11 is 0. The summed E-state index contributed by atoms with van der Waals surface area (Å²) < 4.78 is 0. The fraction of sp³-hybridized carbons (Fsp3) is 0.611. The second-order valence-corrected chi connectivity index (χ2v) is 6.41. The highest BCUT2D eigenvalue weighted by Gasteiger charge is 2.21. The van der Waals surface area contributed by atoms with Gasteiger partial charge in [-0.15, -0.1) is 0 Å². The molecule has 2 aliphatic rings. The molecule has 0 amide bonds. The number of anilines is 1. The lowest BCUT2D eigenvalue weighted by molar-refractivity contribution is 0.165. The summed E-state index contributed by atoms with van der Waals surface area (Å²) in [6.07, 6.45) is 2.11. The Morgan fingerprint density at radius 3 is 2.05 bits per heavy atom. The van der Waals surface area contributed by atoms with Crippen LogP contribution in [-0.2, 0) is 0 Å². The maximum Gasteiger partial charge on any atom is 0.0656 e. The molecule has 2 fully saturated rings. The number of piperazine rings is 1. The van der Waals surface area contributed by atoms with E-state index in [0.29, 0.717) is 5.92 Å². The molecule has 3 rings (SSSR count). The lowest BCUT2D eigenvalue weighted by Crippen LogP contribution is -2.49. The predicted molar refractivity (Wildman–Crippen MR) is 89.9 cm³/mol. The molecule has 0 atom stereocenters. The monoisotopic (exact) mass is 298 g/mol. The van der Waals surface area contributed by atoms with E-state index in [1.165, 1.54) is 12.2 Å². The van der Waals surface area contributed by atoms with Gasteiger partial charge in [-0.25, -0.2) is 0 Å². The minimum atomic E-state index is 0.297. The van der Waals surface area contributed by atoms with E-state index < -0.39 is 0 Å². The summed E-state index contributed by atoms with van der Waals surface area (Å²) in [6, 6.07) is 13.1. The van der Waals surface area contributed by atoms with Crippen LogP contribution in [0.4, 0.5) is 5.69 Å². The molecule has 0 bridgehead atoms. The number of hydrogen-bond acceptors (Lipinski definition) is 4. The lowest BCUT2D eigenvalue weighted by Gasteiger charge is -2.37. The van der Waals surface area contributed by atoms with Gasteiger partial charge >= 0.3 is 0 Å². The second kappa shape index (κ2) is 7.62. The third-order valence-corrected chi connectivity index (χ3v) is 5.00. The van der Waals surface area contributed by atoms with Gasteiger partial charge in [0.15, 0.2) is 0 Å². The van der Waals surface area contributed by atoms with Gasteiger partial charge in [0.05, 0.1) is 6.07 Å². The molecule has 118 valence electrons. The number of rotatable bonds is 4. The van der Waals surface area contributed by atoms with Gasteiger partial charge in [-0.3, -0.25) is 4.90 Å². The summed E-state index contributed by atoms with van der Waals surface area (Å²) in [5.74, 6) is 0.297. The molecule has 0 N–H and O–H groups in total. The number of para-hydroxylation sites is 1. The highest BCUT2D eigenvalue weighted by Crippen LogP contribution is 2.17. The van der Waals surface area contributed by atoms with Gasteiger partial charge in [0.1, 0.15) is 0 Å². The first-order valence-corrected chi connectivity index (χ1v) is 8.49. The molecule has 0 aromatic heterocycles. The Morgan fingerprint density at radius 1 is 0.864 bits per heavy atom. The van der Waals surface area contributed by atoms with Crippen LogP contribution in [0.2, 0.25) is 0 Å². The molecule has 1 aromatic rings. The fourth-order valence-electron chi connectivity index (χ4n) is 3.44. The number of nitrogens with zero attached hydrogens (tertiary/aromatic N) is 4. The van der Waals surface area contributed by atoms with Crippen molar-refractivity contribution in [1.29, 1.82) is 5.26 Å². The van der Waals surface area contributed by atoms with Crippen molar-refractivity contribution in [3.05, 3.63) is 30.3 Å². The average Bonchev–Trinajstić information content (AvgIpc) is 2.61. The van der Waals surface area contributed by atoms with Crippen LogP contribution < -0.4 is 4.90 Å². The topological polar surface area (TPSA) is 33.5 Å². The van der Waals surface area contributed by atoms with Crippen LogP contribution in [-0.4, -0.2) is 62.2 Å². The number of nitriles is 1. The summed E-state index contributed by atoms with van der Waals surface area (Å²) in [6.45, 7) is 9.09. The first-order chi connectivity index (χ1) is 10.8. The van der Waals surface area contributed by atoms with Crippen molar-refractivity contribution in [3.63, 3.8) is 0 Å². The van der Waals surface area contributed by atoms with Crippen LogP contribution in [0.15, 0.2) is 30.3 Å². The average molecular weight is 298 g/mol. The molecular weight excluding hydrogens is 272 g/mol. The van der Waals surface area contributed by atoms with Gasteiger partial charge < -0.3 is 9.80 Å². The SMILES string of the molecule is N#CC1CCN(CCN2CCN(c3ccccc3)CC2)CC1. The van der Waals surface area contributed by atoms with Crippen molar-refractivity contribution < 1.29 is 0 Å². The molecule has 2 aliphatic heterocycles. The van der Waals surface area contributed by atoms with Crippen LogP contribution in [0, 0.1) is 17.2 Å². The normalized spacial score (nSPS) is 21.7. The molecule has 2 heterocycles. The van der Waals surface area contributed by atoms with E-state index in [9.17, 15) is 0 Å². The van der Waals surface area contributed by atoms with Crippen molar-refractivity contribution in [3.8, 4) is 6.07 Å². The molecule has 0 unspecified atom stereocenters. The standard InChI is InChI=1S/C18H26N4/c19-16-17-6-8-20(9-7-17)10-11-21-12-14-22(15-13-21)18-4-2-1-3-5-18/h1-5,17H,6-15H2. The van der Waals surface area contributed by atoms with Gasteiger partial charge in [0, 0.05) is 50.9 Å². The van der Waals surface area contributed by atoms with Gasteiger partial charge in [0.25, 0.3) is 0 Å². The molecule has 0 spiro atoms. The fourth-order valence-corrected chi connectivity index (χ4v) is 3.44. The number of benzene rings is 1. The van der Waals surface area contributed by atoms with Crippen molar-refractivity contribution in [2.24, 2.45) is 5.92 Å². The Hall–Kier alpha value is -1.57. The minimum Gasteiger partial charge on any atom is -0.369 e. The van der Waals surface area contributed by atoms with Gasteiger partial charge in [-0.05, 0) is 38.1 Å². The van der Waals surface area contributed by atoms with E-state index >= 15 is 0 Å². The first kappa shape index (κ1) is 15.3. The molecule has 1 aromatic carbocycles. The highest BCUT2D eigenvalue weighted by atomic mass is 15.3. The molecule has 22 heavy (non-hydrogen) atoms. The number of hydrogen-bond donors (Lipinski definition) is 0. The molecule has 2 saturated heterocycles. The summed E-state index contributed by atoms with van der Waals surface area (Å²) in [5.41, 5.74) is 1.35. The number of likely N-dealkylation sites (tertiary alicyclic amines) is 1. The number of piperidine rings is 1. The molecule has 0 aliphatic carbocycles. The highest BCUT2D eigenvalue weighted by molar-refractivity contribution is 5.46. The van der Waals surface area contributed by atoms with Crippen LogP contribution in [0.25, 0.3) is 0 Å². The van der Waals surface area contributed by atoms with Crippen molar-refractivity contribution in [2.45, 2.75) is 12.8 Å². The lowest BCUT2D eigenvalue weighted by atomic mass is 9.99. The molecule has 4 heteroatoms. The van der Waals surface area contributed by atoms with Crippen molar-refractivity contribution in [1.82, 2.24) is 9.80 Å². The smallest absolute Gasteiger partial charge is 0.0656 e.